The molecule has 0 atom stereocenters. The van der Waals surface area contributed by atoms with E-state index in [1.807, 2.05) is 6.07 Å². The van der Waals surface area contributed by atoms with Gasteiger partial charge in [0.05, 0.1) is 15.8 Å². The topological polar surface area (TPSA) is 78.5 Å². The van der Waals surface area contributed by atoms with Crippen LogP contribution in [0.4, 0.5) is 4.79 Å². The summed E-state index contributed by atoms with van der Waals surface area (Å²) < 4.78 is 25.4. The van der Waals surface area contributed by atoms with E-state index in [4.69, 9.17) is 23.2 Å². The summed E-state index contributed by atoms with van der Waals surface area (Å²) in [6, 6.07) is 12.1. The minimum atomic E-state index is -3.31. The summed E-state index contributed by atoms with van der Waals surface area (Å²) in [7, 11) is -0.259. The highest BCUT2D eigenvalue weighted by Gasteiger charge is 2.12. The number of benzene rings is 2. The maximum atomic E-state index is 12.3. The van der Waals surface area contributed by atoms with Gasteiger partial charge in [-0.15, -0.1) is 0 Å². The first-order chi connectivity index (χ1) is 12.7. The lowest BCUT2D eigenvalue weighted by molar-refractivity contribution is 0.206. The Hall–Kier alpha value is -1.80. The van der Waals surface area contributed by atoms with Crippen LogP contribution < -0.4 is 10.0 Å². The molecule has 0 radical (unpaired) electrons. The molecule has 2 N–H and O–H groups in total. The van der Waals surface area contributed by atoms with Crippen LogP contribution in [0.5, 0.6) is 0 Å². The second kappa shape index (κ2) is 9.41. The van der Waals surface area contributed by atoms with Crippen molar-refractivity contribution in [3.8, 4) is 0 Å². The molecular weight excluding hydrogens is 409 g/mol. The molecule has 2 aromatic rings. The van der Waals surface area contributed by atoms with Crippen LogP contribution >= 0.6 is 23.2 Å². The molecule has 6 nitrogen and oxygen atoms in total. The first-order valence-corrected chi connectivity index (χ1v) is 10.5. The second-order valence-electron chi connectivity index (χ2n) is 6.01. The number of sulfonamides is 1. The minimum Gasteiger partial charge on any atom is -0.334 e. The molecule has 9 heteroatoms. The van der Waals surface area contributed by atoms with Gasteiger partial charge in [-0.3, -0.25) is 0 Å². The molecule has 0 fully saturated rings. The third kappa shape index (κ3) is 6.39. The van der Waals surface area contributed by atoms with E-state index < -0.39 is 10.0 Å². The molecule has 146 valence electrons. The van der Waals surface area contributed by atoms with Gasteiger partial charge in [0, 0.05) is 20.1 Å². The van der Waals surface area contributed by atoms with Crippen molar-refractivity contribution in [1.29, 1.82) is 0 Å². The lowest BCUT2D eigenvalue weighted by Gasteiger charge is -2.19. The Morgan fingerprint density at radius 3 is 2.33 bits per heavy atom. The van der Waals surface area contributed by atoms with Crippen LogP contribution in [0.15, 0.2) is 42.5 Å². The van der Waals surface area contributed by atoms with E-state index in [0.717, 1.165) is 11.1 Å². The Morgan fingerprint density at radius 1 is 1.07 bits per heavy atom. The lowest BCUT2D eigenvalue weighted by atomic mass is 10.1. The van der Waals surface area contributed by atoms with Crippen molar-refractivity contribution in [2.75, 3.05) is 14.1 Å². The molecular formula is C18H21Cl2N3O3S. The van der Waals surface area contributed by atoms with Crippen LogP contribution in [0.1, 0.15) is 16.7 Å². The van der Waals surface area contributed by atoms with Crippen molar-refractivity contribution in [3.63, 3.8) is 0 Å². The average Bonchev–Trinajstić information content (AvgIpc) is 2.64. The summed E-state index contributed by atoms with van der Waals surface area (Å²) in [5.74, 6) is -0.0841. The van der Waals surface area contributed by atoms with Gasteiger partial charge in [0.25, 0.3) is 0 Å². The predicted octanol–water partition coefficient (Wildman–Crippen LogP) is 3.38. The van der Waals surface area contributed by atoms with E-state index in [1.165, 1.54) is 11.9 Å². The molecule has 0 heterocycles. The zero-order valence-electron chi connectivity index (χ0n) is 15.0. The molecule has 0 saturated heterocycles. The van der Waals surface area contributed by atoms with Crippen LogP contribution in [-0.4, -0.2) is 33.4 Å². The Labute approximate surface area is 169 Å². The number of halogens is 2. The number of hydrogen-bond acceptors (Lipinski definition) is 3. The molecule has 2 amide bonds. The molecule has 0 aliphatic heterocycles. The van der Waals surface area contributed by atoms with Crippen LogP contribution in [-0.2, 0) is 28.9 Å². The van der Waals surface area contributed by atoms with Crippen molar-refractivity contribution < 1.29 is 13.2 Å². The van der Waals surface area contributed by atoms with E-state index >= 15 is 0 Å². The lowest BCUT2D eigenvalue weighted by Crippen LogP contribution is -2.36. The van der Waals surface area contributed by atoms with Gasteiger partial charge in [0.1, 0.15) is 0 Å². The smallest absolute Gasteiger partial charge is 0.317 e. The van der Waals surface area contributed by atoms with Crippen LogP contribution in [0.25, 0.3) is 0 Å². The van der Waals surface area contributed by atoms with Gasteiger partial charge in [0.2, 0.25) is 10.0 Å². The van der Waals surface area contributed by atoms with Crippen molar-refractivity contribution in [2.45, 2.75) is 18.8 Å². The largest absolute Gasteiger partial charge is 0.334 e. The molecule has 2 aromatic carbocycles. The maximum absolute atomic E-state index is 12.3. The van der Waals surface area contributed by atoms with Gasteiger partial charge in [0.15, 0.2) is 0 Å². The summed E-state index contributed by atoms with van der Waals surface area (Å²) in [5, 5.41) is 3.70. The van der Waals surface area contributed by atoms with Crippen molar-refractivity contribution in [2.24, 2.45) is 0 Å². The summed E-state index contributed by atoms with van der Waals surface area (Å²) in [6.07, 6.45) is 0. The number of carbonyl (C=O) groups excluding carboxylic acids is 1. The zero-order valence-corrected chi connectivity index (χ0v) is 17.3. The Bertz CT molecular complexity index is 903. The van der Waals surface area contributed by atoms with E-state index in [9.17, 15) is 13.2 Å². The Kier molecular flexibility index (Phi) is 7.49. The fourth-order valence-electron chi connectivity index (χ4n) is 2.36. The second-order valence-corrected chi connectivity index (χ2v) is 8.72. The summed E-state index contributed by atoms with van der Waals surface area (Å²) in [5.41, 5.74) is 2.30. The summed E-state index contributed by atoms with van der Waals surface area (Å²) in [4.78, 5) is 13.8. The van der Waals surface area contributed by atoms with E-state index in [-0.39, 0.29) is 11.8 Å². The predicted molar refractivity (Wildman–Crippen MR) is 108 cm³/mol. The fourth-order valence-corrected chi connectivity index (χ4v) is 3.51. The van der Waals surface area contributed by atoms with Gasteiger partial charge < -0.3 is 10.2 Å². The first kappa shape index (κ1) is 21.5. The third-order valence-electron chi connectivity index (χ3n) is 3.92. The highest BCUT2D eigenvalue weighted by molar-refractivity contribution is 7.88. The van der Waals surface area contributed by atoms with E-state index in [1.54, 1.807) is 43.4 Å². The number of nitrogens with zero attached hydrogens (tertiary/aromatic N) is 1. The zero-order chi connectivity index (χ0) is 20.0. The number of rotatable bonds is 7. The summed E-state index contributed by atoms with van der Waals surface area (Å²) in [6.45, 7) is 0.650. The van der Waals surface area contributed by atoms with Crippen molar-refractivity contribution >= 4 is 39.3 Å². The van der Waals surface area contributed by atoms with Gasteiger partial charge in [-0.1, -0.05) is 59.6 Å². The quantitative estimate of drug-likeness (QED) is 0.707. The molecule has 2 rings (SSSR count). The third-order valence-corrected chi connectivity index (χ3v) is 6.11. The Balaban J connectivity index is 1.90. The highest BCUT2D eigenvalue weighted by Crippen LogP contribution is 2.26. The number of urea groups is 1. The first-order valence-electron chi connectivity index (χ1n) is 8.12. The van der Waals surface area contributed by atoms with Crippen molar-refractivity contribution in [3.05, 3.63) is 69.2 Å². The van der Waals surface area contributed by atoms with Gasteiger partial charge >= 0.3 is 6.03 Å². The van der Waals surface area contributed by atoms with Crippen LogP contribution in [0.2, 0.25) is 10.0 Å². The van der Waals surface area contributed by atoms with Gasteiger partial charge in [-0.05, 0) is 29.8 Å². The number of amides is 2. The van der Waals surface area contributed by atoms with Gasteiger partial charge in [-0.2, -0.15) is 0 Å². The Morgan fingerprint density at radius 2 is 1.70 bits per heavy atom. The number of hydrogen-bond donors (Lipinski definition) is 2. The normalized spacial score (nSPS) is 11.3. The summed E-state index contributed by atoms with van der Waals surface area (Å²) >= 11 is 12.1. The molecule has 0 spiro atoms. The maximum Gasteiger partial charge on any atom is 0.317 e. The molecule has 0 bridgehead atoms. The van der Waals surface area contributed by atoms with Crippen LogP contribution in [0, 0.1) is 0 Å². The molecule has 0 unspecified atom stereocenters. The SMILES string of the molecule is CNS(=O)(=O)Cc1ccc(CNC(=O)N(C)Cc2cccc(Cl)c2Cl)cc1. The van der Waals surface area contributed by atoms with Crippen LogP contribution in [0.3, 0.4) is 0 Å². The molecule has 27 heavy (non-hydrogen) atoms. The standard InChI is InChI=1S/C18H21Cl2N3O3S/c1-21-27(25,26)12-14-8-6-13(7-9-14)10-22-18(24)23(2)11-15-4-3-5-16(19)17(15)20/h3-9,21H,10-12H2,1-2H3,(H,22,24). The van der Waals surface area contributed by atoms with E-state index in [0.29, 0.717) is 28.7 Å². The highest BCUT2D eigenvalue weighted by atomic mass is 35.5. The fraction of sp³-hybridized carbons (Fsp3) is 0.278. The molecule has 0 saturated carbocycles. The van der Waals surface area contributed by atoms with Crippen molar-refractivity contribution in [1.82, 2.24) is 14.9 Å². The monoisotopic (exact) mass is 429 g/mol. The average molecular weight is 430 g/mol. The minimum absolute atomic E-state index is 0.0841. The number of nitrogens with one attached hydrogen (secondary N) is 2. The number of carbonyl (C=O) groups is 1. The molecule has 0 aliphatic rings. The molecule has 0 aliphatic carbocycles. The molecule has 0 aromatic heterocycles. The van der Waals surface area contributed by atoms with E-state index in [2.05, 4.69) is 10.0 Å². The van der Waals surface area contributed by atoms with Gasteiger partial charge in [-0.25, -0.2) is 17.9 Å².